The molecule has 0 saturated carbocycles. The minimum atomic E-state index is -0.470. The van der Waals surface area contributed by atoms with Crippen LogP contribution < -0.4 is 5.32 Å². The van der Waals surface area contributed by atoms with E-state index < -0.39 is 6.09 Å². The molecule has 2 saturated heterocycles. The summed E-state index contributed by atoms with van der Waals surface area (Å²) in [6, 6.07) is 14.8. The minimum Gasteiger partial charge on any atom is -0.446 e. The summed E-state index contributed by atoms with van der Waals surface area (Å²) in [5, 5.41) is 2.80. The van der Waals surface area contributed by atoms with E-state index in [4.69, 9.17) is 4.74 Å². The second-order valence-corrected chi connectivity index (χ2v) is 7.23. The fourth-order valence-electron chi connectivity index (χ4n) is 4.23. The molecular weight excluding hydrogens is 331 g/mol. The summed E-state index contributed by atoms with van der Waals surface area (Å²) in [6.07, 6.45) is 3.61. The van der Waals surface area contributed by atoms with Gasteiger partial charge in [0.05, 0.1) is 5.69 Å². The van der Waals surface area contributed by atoms with Crippen molar-refractivity contribution in [1.82, 2.24) is 4.90 Å². The van der Waals surface area contributed by atoms with Gasteiger partial charge in [-0.05, 0) is 43.7 Å². The van der Waals surface area contributed by atoms with Crippen molar-refractivity contribution in [3.8, 4) is 11.1 Å². The van der Waals surface area contributed by atoms with E-state index in [2.05, 4.69) is 17.3 Å². The first-order valence-corrected chi connectivity index (χ1v) is 9.14. The zero-order valence-corrected chi connectivity index (χ0v) is 14.8. The van der Waals surface area contributed by atoms with Gasteiger partial charge in [-0.15, -0.1) is 0 Å². The van der Waals surface area contributed by atoms with E-state index in [1.165, 1.54) is 25.0 Å². The fourth-order valence-corrected chi connectivity index (χ4v) is 4.23. The molecule has 0 aromatic heterocycles. The van der Waals surface area contributed by atoms with Gasteiger partial charge in [-0.2, -0.15) is 0 Å². The first-order valence-electron chi connectivity index (χ1n) is 9.14. The molecule has 5 heteroatoms. The van der Waals surface area contributed by atoms with Gasteiger partial charge in [0, 0.05) is 30.5 Å². The maximum atomic E-state index is 13.7. The summed E-state index contributed by atoms with van der Waals surface area (Å²) in [7, 11) is 2.16. The third-order valence-corrected chi connectivity index (χ3v) is 5.63. The van der Waals surface area contributed by atoms with Crippen LogP contribution in [0.2, 0.25) is 0 Å². The lowest BCUT2D eigenvalue weighted by atomic mass is 10.0. The van der Waals surface area contributed by atoms with Crippen molar-refractivity contribution >= 4 is 11.8 Å². The van der Waals surface area contributed by atoms with E-state index in [0.29, 0.717) is 23.3 Å². The highest BCUT2D eigenvalue weighted by Crippen LogP contribution is 2.36. The molecule has 0 radical (unpaired) electrons. The average molecular weight is 354 g/mol. The molecule has 1 N–H and O–H groups in total. The molecule has 2 heterocycles. The zero-order valence-electron chi connectivity index (χ0n) is 14.8. The number of nitrogens with zero attached hydrogens (tertiary/aromatic N) is 1. The van der Waals surface area contributed by atoms with Crippen LogP contribution in [0.5, 0.6) is 0 Å². The quantitative estimate of drug-likeness (QED) is 0.871. The van der Waals surface area contributed by atoms with Crippen molar-refractivity contribution in [3.05, 3.63) is 54.3 Å². The monoisotopic (exact) mass is 354 g/mol. The molecule has 0 spiro atoms. The van der Waals surface area contributed by atoms with Crippen LogP contribution in [0.3, 0.4) is 0 Å². The van der Waals surface area contributed by atoms with E-state index in [9.17, 15) is 9.18 Å². The lowest BCUT2D eigenvalue weighted by Gasteiger charge is -2.35. The van der Waals surface area contributed by atoms with Gasteiger partial charge in [0.25, 0.3) is 0 Å². The summed E-state index contributed by atoms with van der Waals surface area (Å²) in [6.45, 7) is 0. The summed E-state index contributed by atoms with van der Waals surface area (Å²) in [5.41, 5.74) is 2.05. The molecular formula is C21H23FN2O2. The summed E-state index contributed by atoms with van der Waals surface area (Å²) >= 11 is 0. The lowest BCUT2D eigenvalue weighted by Crippen LogP contribution is -2.43. The Morgan fingerprint density at radius 1 is 1.12 bits per heavy atom. The van der Waals surface area contributed by atoms with Crippen molar-refractivity contribution in [2.75, 3.05) is 12.4 Å². The number of fused-ring (bicyclic) bond motifs is 2. The van der Waals surface area contributed by atoms with E-state index in [1.807, 2.05) is 30.3 Å². The number of carbonyl (C=O) groups excluding carboxylic acids is 1. The molecule has 2 atom stereocenters. The number of halogens is 1. The van der Waals surface area contributed by atoms with E-state index in [0.717, 1.165) is 18.4 Å². The highest BCUT2D eigenvalue weighted by molar-refractivity contribution is 5.91. The Bertz CT molecular complexity index is 782. The van der Waals surface area contributed by atoms with E-state index in [1.54, 1.807) is 6.07 Å². The van der Waals surface area contributed by atoms with Crippen LogP contribution in [0, 0.1) is 5.82 Å². The number of anilines is 1. The topological polar surface area (TPSA) is 41.6 Å². The maximum absolute atomic E-state index is 13.7. The molecule has 136 valence electrons. The summed E-state index contributed by atoms with van der Waals surface area (Å²) < 4.78 is 19.4. The molecule has 2 bridgehead atoms. The van der Waals surface area contributed by atoms with Crippen LogP contribution in [0.25, 0.3) is 11.1 Å². The second kappa shape index (κ2) is 7.08. The number of ether oxygens (including phenoxy) is 1. The molecule has 26 heavy (non-hydrogen) atoms. The van der Waals surface area contributed by atoms with Crippen LogP contribution in [0.15, 0.2) is 48.5 Å². The van der Waals surface area contributed by atoms with Gasteiger partial charge in [0.15, 0.2) is 0 Å². The maximum Gasteiger partial charge on any atom is 0.411 e. The predicted octanol–water partition coefficient (Wildman–Crippen LogP) is 4.67. The number of benzene rings is 2. The first-order chi connectivity index (χ1) is 12.6. The SMILES string of the molecule is CN1[C@@H]2CC[C@@H]1CC(OC(=O)Nc1ccc(F)cc1-c1ccccc1)C2. The Labute approximate surface area is 153 Å². The Morgan fingerprint density at radius 3 is 2.50 bits per heavy atom. The van der Waals surface area contributed by atoms with Gasteiger partial charge in [-0.1, -0.05) is 30.3 Å². The number of rotatable bonds is 3. The third kappa shape index (κ3) is 3.44. The standard InChI is InChI=1S/C21H23FN2O2/c1-24-16-8-9-17(24)13-18(12-16)26-21(25)23-20-10-7-15(22)11-19(20)14-5-3-2-4-6-14/h2-7,10-11,16-18H,8-9,12-13H2,1H3,(H,23,25)/t16-,17-/m1/s1. The van der Waals surface area contributed by atoms with Crippen molar-refractivity contribution in [2.45, 2.75) is 43.9 Å². The number of nitrogens with one attached hydrogen (secondary N) is 1. The minimum absolute atomic E-state index is 0.0516. The third-order valence-electron chi connectivity index (χ3n) is 5.63. The van der Waals surface area contributed by atoms with Gasteiger partial charge < -0.3 is 9.64 Å². The molecule has 0 aliphatic carbocycles. The summed E-state index contributed by atoms with van der Waals surface area (Å²) in [4.78, 5) is 14.8. The highest BCUT2D eigenvalue weighted by atomic mass is 19.1. The molecule has 2 aliphatic heterocycles. The smallest absolute Gasteiger partial charge is 0.411 e. The van der Waals surface area contributed by atoms with Gasteiger partial charge in [-0.25, -0.2) is 9.18 Å². The molecule has 4 nitrogen and oxygen atoms in total. The molecule has 2 fully saturated rings. The summed E-state index contributed by atoms with van der Waals surface area (Å²) in [5.74, 6) is -0.338. The number of hydrogen-bond acceptors (Lipinski definition) is 3. The normalized spacial score (nSPS) is 25.1. The molecule has 2 aromatic rings. The van der Waals surface area contributed by atoms with Crippen LogP contribution in [-0.2, 0) is 4.74 Å². The molecule has 0 unspecified atom stereocenters. The van der Waals surface area contributed by atoms with Gasteiger partial charge >= 0.3 is 6.09 Å². The predicted molar refractivity (Wildman–Crippen MR) is 99.5 cm³/mol. The van der Waals surface area contributed by atoms with Crippen LogP contribution in [0.4, 0.5) is 14.9 Å². The fraction of sp³-hybridized carbons (Fsp3) is 0.381. The van der Waals surface area contributed by atoms with Crippen LogP contribution in [0.1, 0.15) is 25.7 Å². The molecule has 2 aromatic carbocycles. The first kappa shape index (κ1) is 17.0. The molecule has 1 amide bonds. The van der Waals surface area contributed by atoms with Crippen molar-refractivity contribution in [1.29, 1.82) is 0 Å². The molecule has 4 rings (SSSR count). The Kier molecular flexibility index (Phi) is 4.64. The number of carbonyl (C=O) groups is 1. The Balaban J connectivity index is 1.47. The van der Waals surface area contributed by atoms with Crippen LogP contribution >= 0.6 is 0 Å². The van der Waals surface area contributed by atoms with Crippen molar-refractivity contribution in [3.63, 3.8) is 0 Å². The van der Waals surface area contributed by atoms with Crippen molar-refractivity contribution in [2.24, 2.45) is 0 Å². The zero-order chi connectivity index (χ0) is 18.1. The number of hydrogen-bond donors (Lipinski definition) is 1. The highest BCUT2D eigenvalue weighted by Gasteiger charge is 2.39. The van der Waals surface area contributed by atoms with Crippen LogP contribution in [-0.4, -0.2) is 36.2 Å². The lowest BCUT2D eigenvalue weighted by molar-refractivity contribution is 0.0348. The van der Waals surface area contributed by atoms with Gasteiger partial charge in [0.1, 0.15) is 11.9 Å². The van der Waals surface area contributed by atoms with E-state index in [-0.39, 0.29) is 11.9 Å². The number of piperidine rings is 1. The average Bonchev–Trinajstić information content (AvgIpc) is 2.85. The van der Waals surface area contributed by atoms with E-state index >= 15 is 0 Å². The second-order valence-electron chi connectivity index (χ2n) is 7.23. The Hall–Kier alpha value is -2.40. The van der Waals surface area contributed by atoms with Crippen molar-refractivity contribution < 1.29 is 13.9 Å². The largest absolute Gasteiger partial charge is 0.446 e. The van der Waals surface area contributed by atoms with Gasteiger partial charge in [-0.3, -0.25) is 5.32 Å². The molecule has 2 aliphatic rings. The number of amides is 1. The van der Waals surface area contributed by atoms with Gasteiger partial charge in [0.2, 0.25) is 0 Å². The Morgan fingerprint density at radius 2 is 1.81 bits per heavy atom.